The van der Waals surface area contributed by atoms with Gasteiger partial charge >= 0.3 is 0 Å². The highest BCUT2D eigenvalue weighted by Gasteiger charge is 2.36. The highest BCUT2D eigenvalue weighted by atomic mass is 16.2. The number of para-hydroxylation sites is 1. The van der Waals surface area contributed by atoms with E-state index in [2.05, 4.69) is 81.4 Å². The molecule has 2 aliphatic heterocycles. The zero-order chi connectivity index (χ0) is 23.6. The summed E-state index contributed by atoms with van der Waals surface area (Å²) < 4.78 is 0. The fraction of sp³-hybridized carbons (Fsp3) is 0.452. The number of hydrogen-bond donors (Lipinski definition) is 0. The van der Waals surface area contributed by atoms with Gasteiger partial charge in [0, 0.05) is 61.4 Å². The number of hydrogen-bond acceptors (Lipinski definition) is 3. The first-order chi connectivity index (χ1) is 17.3. The van der Waals surface area contributed by atoms with Crippen LogP contribution >= 0.6 is 0 Å². The lowest BCUT2D eigenvalue weighted by molar-refractivity contribution is -0.124. The largest absolute Gasteiger partial charge is 0.368 e. The van der Waals surface area contributed by atoms with Crippen molar-refractivity contribution in [2.24, 2.45) is 5.92 Å². The van der Waals surface area contributed by atoms with Crippen LogP contribution in [0.4, 0.5) is 11.4 Å². The van der Waals surface area contributed by atoms with Gasteiger partial charge in [-0.3, -0.25) is 9.69 Å². The molecule has 0 aromatic heterocycles. The van der Waals surface area contributed by atoms with Gasteiger partial charge in [-0.05, 0) is 48.8 Å². The molecule has 0 N–H and O–H groups in total. The normalized spacial score (nSPS) is 21.8. The Labute approximate surface area is 209 Å². The summed E-state index contributed by atoms with van der Waals surface area (Å²) in [6.45, 7) is 5.15. The van der Waals surface area contributed by atoms with Crippen LogP contribution in [0.3, 0.4) is 0 Å². The van der Waals surface area contributed by atoms with Crippen LogP contribution < -0.4 is 9.80 Å². The summed E-state index contributed by atoms with van der Waals surface area (Å²) in [5.74, 6) is 0.594. The molecule has 1 aliphatic carbocycles. The van der Waals surface area contributed by atoms with E-state index in [1.165, 1.54) is 47.0 Å². The van der Waals surface area contributed by atoms with Crippen LogP contribution in [0.15, 0.2) is 66.7 Å². The SMILES string of the molecule is O=C(C1CCCCC1)N1c2ccccc2CCC1CN1CCN(c2cccc3ccccc23)CC1. The first kappa shape index (κ1) is 22.6. The Morgan fingerprint density at radius 2 is 1.46 bits per heavy atom. The predicted molar refractivity (Wildman–Crippen MR) is 145 cm³/mol. The first-order valence-electron chi connectivity index (χ1n) is 13.6. The summed E-state index contributed by atoms with van der Waals surface area (Å²) in [5.41, 5.74) is 3.87. The minimum absolute atomic E-state index is 0.209. The Bertz CT molecular complexity index is 1170. The summed E-state index contributed by atoms with van der Waals surface area (Å²) in [5, 5.41) is 2.65. The maximum absolute atomic E-state index is 13.8. The van der Waals surface area contributed by atoms with E-state index in [1.807, 2.05) is 0 Å². The Morgan fingerprint density at radius 3 is 2.31 bits per heavy atom. The molecule has 1 saturated heterocycles. The van der Waals surface area contributed by atoms with Gasteiger partial charge in [0.2, 0.25) is 5.91 Å². The molecule has 2 heterocycles. The van der Waals surface area contributed by atoms with Gasteiger partial charge in [0.05, 0.1) is 0 Å². The zero-order valence-corrected chi connectivity index (χ0v) is 20.7. The number of carbonyl (C=O) groups is 1. The molecule has 182 valence electrons. The van der Waals surface area contributed by atoms with Crippen molar-refractivity contribution in [3.05, 3.63) is 72.3 Å². The van der Waals surface area contributed by atoms with E-state index in [0.29, 0.717) is 5.91 Å². The van der Waals surface area contributed by atoms with E-state index in [-0.39, 0.29) is 12.0 Å². The number of aryl methyl sites for hydroxylation is 1. The second kappa shape index (κ2) is 10.0. The number of carbonyl (C=O) groups excluding carboxylic acids is 1. The average Bonchev–Trinajstić information content (AvgIpc) is 2.93. The van der Waals surface area contributed by atoms with Crippen LogP contribution in [0.5, 0.6) is 0 Å². The fourth-order valence-corrected chi connectivity index (χ4v) is 6.58. The van der Waals surface area contributed by atoms with Crippen LogP contribution in [0, 0.1) is 5.92 Å². The van der Waals surface area contributed by atoms with Crippen molar-refractivity contribution in [1.29, 1.82) is 0 Å². The van der Waals surface area contributed by atoms with E-state index in [9.17, 15) is 4.79 Å². The van der Waals surface area contributed by atoms with Gasteiger partial charge in [0.15, 0.2) is 0 Å². The molecule has 0 radical (unpaired) electrons. The van der Waals surface area contributed by atoms with Gasteiger partial charge in [0.1, 0.15) is 0 Å². The first-order valence-corrected chi connectivity index (χ1v) is 13.6. The van der Waals surface area contributed by atoms with Crippen molar-refractivity contribution in [3.63, 3.8) is 0 Å². The summed E-state index contributed by atoms with van der Waals surface area (Å²) in [7, 11) is 0. The third-order valence-corrected chi connectivity index (χ3v) is 8.50. The van der Waals surface area contributed by atoms with E-state index < -0.39 is 0 Å². The van der Waals surface area contributed by atoms with Gasteiger partial charge in [-0.1, -0.05) is 73.9 Å². The van der Waals surface area contributed by atoms with Crippen LogP contribution in [0.2, 0.25) is 0 Å². The van der Waals surface area contributed by atoms with Crippen molar-refractivity contribution >= 4 is 28.1 Å². The summed E-state index contributed by atoms with van der Waals surface area (Å²) in [6.07, 6.45) is 7.95. The molecule has 2 fully saturated rings. The minimum atomic E-state index is 0.209. The molecular formula is C31H37N3O. The molecule has 1 amide bonds. The van der Waals surface area contributed by atoms with E-state index >= 15 is 0 Å². The van der Waals surface area contributed by atoms with Crippen molar-refractivity contribution < 1.29 is 4.79 Å². The smallest absolute Gasteiger partial charge is 0.230 e. The lowest BCUT2D eigenvalue weighted by Crippen LogP contribution is -2.55. The number of amides is 1. The number of rotatable bonds is 4. The fourth-order valence-electron chi connectivity index (χ4n) is 6.58. The van der Waals surface area contributed by atoms with Crippen molar-refractivity contribution in [2.45, 2.75) is 51.0 Å². The number of fused-ring (bicyclic) bond motifs is 2. The molecule has 4 nitrogen and oxygen atoms in total. The Kier molecular flexibility index (Phi) is 6.47. The number of anilines is 2. The van der Waals surface area contributed by atoms with Gasteiger partial charge in [-0.15, -0.1) is 0 Å². The number of nitrogens with zero attached hydrogens (tertiary/aromatic N) is 3. The standard InChI is InChI=1S/C31H37N3O/c35-31(26-11-2-1-3-12-26)34-27(18-17-25-10-5-7-15-29(25)34)23-32-19-21-33(22-20-32)30-16-8-13-24-9-4-6-14-28(24)30/h4-10,13-16,26-27H,1-3,11-12,17-23H2. The predicted octanol–water partition coefficient (Wildman–Crippen LogP) is 5.89. The van der Waals surface area contributed by atoms with Gasteiger partial charge in [-0.2, -0.15) is 0 Å². The van der Waals surface area contributed by atoms with Crippen molar-refractivity contribution in [2.75, 3.05) is 42.5 Å². The second-order valence-electron chi connectivity index (χ2n) is 10.7. The molecule has 3 aromatic rings. The topological polar surface area (TPSA) is 26.8 Å². The molecule has 4 heteroatoms. The van der Waals surface area contributed by atoms with Crippen LogP contribution in [-0.2, 0) is 11.2 Å². The summed E-state index contributed by atoms with van der Waals surface area (Å²) in [6, 6.07) is 24.2. The maximum Gasteiger partial charge on any atom is 0.230 e. The Balaban J connectivity index is 1.17. The third-order valence-electron chi connectivity index (χ3n) is 8.50. The maximum atomic E-state index is 13.8. The second-order valence-corrected chi connectivity index (χ2v) is 10.7. The molecule has 3 aliphatic rings. The van der Waals surface area contributed by atoms with Crippen LogP contribution in [0.25, 0.3) is 10.8 Å². The van der Waals surface area contributed by atoms with Crippen LogP contribution in [0.1, 0.15) is 44.1 Å². The monoisotopic (exact) mass is 467 g/mol. The molecule has 0 bridgehead atoms. The lowest BCUT2D eigenvalue weighted by Gasteiger charge is -2.44. The highest BCUT2D eigenvalue weighted by Crippen LogP contribution is 2.35. The average molecular weight is 468 g/mol. The third kappa shape index (κ3) is 4.56. The Morgan fingerprint density at radius 1 is 0.743 bits per heavy atom. The molecule has 3 aromatic carbocycles. The number of benzene rings is 3. The Hall–Kier alpha value is -2.85. The summed E-state index contributed by atoms with van der Waals surface area (Å²) in [4.78, 5) is 21.2. The molecule has 1 atom stereocenters. The molecule has 6 rings (SSSR count). The molecule has 1 saturated carbocycles. The van der Waals surface area contributed by atoms with Gasteiger partial charge in [0.25, 0.3) is 0 Å². The van der Waals surface area contributed by atoms with Gasteiger partial charge in [-0.25, -0.2) is 0 Å². The zero-order valence-electron chi connectivity index (χ0n) is 20.7. The van der Waals surface area contributed by atoms with E-state index in [4.69, 9.17) is 0 Å². The number of piperazine rings is 1. The molecular weight excluding hydrogens is 430 g/mol. The van der Waals surface area contributed by atoms with Gasteiger partial charge < -0.3 is 9.80 Å². The lowest BCUT2D eigenvalue weighted by atomic mass is 9.86. The summed E-state index contributed by atoms with van der Waals surface area (Å²) >= 11 is 0. The van der Waals surface area contributed by atoms with E-state index in [0.717, 1.165) is 58.4 Å². The molecule has 35 heavy (non-hydrogen) atoms. The van der Waals surface area contributed by atoms with Crippen LogP contribution in [-0.4, -0.2) is 49.6 Å². The molecule has 0 spiro atoms. The van der Waals surface area contributed by atoms with Crippen molar-refractivity contribution in [3.8, 4) is 0 Å². The highest BCUT2D eigenvalue weighted by molar-refractivity contribution is 5.97. The molecule has 1 unspecified atom stereocenters. The quantitative estimate of drug-likeness (QED) is 0.479. The van der Waals surface area contributed by atoms with Crippen molar-refractivity contribution in [1.82, 2.24) is 4.90 Å². The minimum Gasteiger partial charge on any atom is -0.368 e. The van der Waals surface area contributed by atoms with E-state index in [1.54, 1.807) is 0 Å².